The van der Waals surface area contributed by atoms with Gasteiger partial charge in [-0.15, -0.1) is 0 Å². The highest BCUT2D eigenvalue weighted by Gasteiger charge is 2.17. The van der Waals surface area contributed by atoms with E-state index in [4.69, 9.17) is 4.74 Å². The second kappa shape index (κ2) is 6.45. The highest BCUT2D eigenvalue weighted by atomic mass is 16.6. The van der Waals surface area contributed by atoms with Crippen LogP contribution >= 0.6 is 0 Å². The zero-order valence-corrected chi connectivity index (χ0v) is 11.7. The van der Waals surface area contributed by atoms with Gasteiger partial charge in [0, 0.05) is 0 Å². The Morgan fingerprint density at radius 3 is 2.68 bits per heavy atom. The standard InChI is InChI=1S/C15H22N2O2/c1-11-7-6-10-14(12(11)2)16-17-15(18)19-13-8-4-3-5-9-13/h6-7,10,13,16H,3-5,8-9H2,1-2H3,(H,17,18). The Labute approximate surface area is 114 Å². The molecular formula is C15H22N2O2. The van der Waals surface area contributed by atoms with Crippen LogP contribution in [0.3, 0.4) is 0 Å². The zero-order valence-electron chi connectivity index (χ0n) is 11.7. The van der Waals surface area contributed by atoms with E-state index < -0.39 is 6.09 Å². The minimum absolute atomic E-state index is 0.0779. The van der Waals surface area contributed by atoms with Crippen LogP contribution in [0.5, 0.6) is 0 Å². The lowest BCUT2D eigenvalue weighted by molar-refractivity contribution is 0.0768. The normalized spacial score (nSPS) is 15.9. The summed E-state index contributed by atoms with van der Waals surface area (Å²) < 4.78 is 5.37. The molecule has 104 valence electrons. The van der Waals surface area contributed by atoms with Gasteiger partial charge in [-0.05, 0) is 56.7 Å². The van der Waals surface area contributed by atoms with E-state index in [-0.39, 0.29) is 6.10 Å². The largest absolute Gasteiger partial charge is 0.445 e. The van der Waals surface area contributed by atoms with Crippen molar-refractivity contribution in [2.75, 3.05) is 5.43 Å². The smallest absolute Gasteiger partial charge is 0.426 e. The van der Waals surface area contributed by atoms with Crippen LogP contribution in [0, 0.1) is 13.8 Å². The maximum absolute atomic E-state index is 11.7. The number of amides is 1. The second-order valence-electron chi connectivity index (χ2n) is 5.16. The molecule has 4 heteroatoms. The van der Waals surface area contributed by atoms with Crippen LogP contribution in [-0.4, -0.2) is 12.2 Å². The highest BCUT2D eigenvalue weighted by molar-refractivity contribution is 5.70. The zero-order chi connectivity index (χ0) is 13.7. The van der Waals surface area contributed by atoms with Gasteiger partial charge in [0.25, 0.3) is 0 Å². The Morgan fingerprint density at radius 1 is 1.21 bits per heavy atom. The van der Waals surface area contributed by atoms with E-state index in [1.807, 2.05) is 32.0 Å². The average Bonchev–Trinajstić information content (AvgIpc) is 2.42. The van der Waals surface area contributed by atoms with Crippen molar-refractivity contribution >= 4 is 11.8 Å². The van der Waals surface area contributed by atoms with Crippen molar-refractivity contribution < 1.29 is 9.53 Å². The van der Waals surface area contributed by atoms with Gasteiger partial charge in [-0.1, -0.05) is 18.6 Å². The first kappa shape index (κ1) is 13.7. The second-order valence-corrected chi connectivity index (χ2v) is 5.16. The van der Waals surface area contributed by atoms with Gasteiger partial charge < -0.3 is 4.74 Å². The van der Waals surface area contributed by atoms with Crippen molar-refractivity contribution in [1.29, 1.82) is 0 Å². The van der Waals surface area contributed by atoms with Gasteiger partial charge in [0.2, 0.25) is 0 Å². The summed E-state index contributed by atoms with van der Waals surface area (Å²) in [6.45, 7) is 4.06. The molecule has 0 unspecified atom stereocenters. The number of benzene rings is 1. The SMILES string of the molecule is Cc1cccc(NNC(=O)OC2CCCCC2)c1C. The van der Waals surface area contributed by atoms with Crippen LogP contribution < -0.4 is 10.9 Å². The number of hydrogen-bond donors (Lipinski definition) is 2. The number of ether oxygens (including phenoxy) is 1. The molecule has 1 aliphatic rings. The number of carbonyl (C=O) groups is 1. The first-order valence-corrected chi connectivity index (χ1v) is 6.95. The van der Waals surface area contributed by atoms with E-state index in [9.17, 15) is 4.79 Å². The minimum atomic E-state index is -0.396. The Morgan fingerprint density at radius 2 is 1.95 bits per heavy atom. The molecule has 2 rings (SSSR count). The lowest BCUT2D eigenvalue weighted by Crippen LogP contribution is -2.34. The van der Waals surface area contributed by atoms with Crippen molar-refractivity contribution in [1.82, 2.24) is 5.43 Å². The molecule has 0 aromatic heterocycles. The molecule has 19 heavy (non-hydrogen) atoms. The number of nitrogens with one attached hydrogen (secondary N) is 2. The summed E-state index contributed by atoms with van der Waals surface area (Å²) >= 11 is 0. The molecule has 1 amide bonds. The topological polar surface area (TPSA) is 50.4 Å². The third-order valence-corrected chi connectivity index (χ3v) is 3.73. The quantitative estimate of drug-likeness (QED) is 0.817. The summed E-state index contributed by atoms with van der Waals surface area (Å²) in [4.78, 5) is 11.7. The monoisotopic (exact) mass is 262 g/mol. The molecule has 1 aromatic rings. The number of anilines is 1. The number of hydrogen-bond acceptors (Lipinski definition) is 3. The molecular weight excluding hydrogens is 240 g/mol. The Hall–Kier alpha value is -1.71. The lowest BCUT2D eigenvalue weighted by atomic mass is 9.98. The molecule has 0 bridgehead atoms. The summed E-state index contributed by atoms with van der Waals surface area (Å²) in [5, 5.41) is 0. The molecule has 1 fully saturated rings. The highest BCUT2D eigenvalue weighted by Crippen LogP contribution is 2.20. The van der Waals surface area contributed by atoms with Crippen LogP contribution in [0.4, 0.5) is 10.5 Å². The van der Waals surface area contributed by atoms with Gasteiger partial charge in [0.05, 0.1) is 5.69 Å². The van der Waals surface area contributed by atoms with E-state index in [1.54, 1.807) is 0 Å². The molecule has 0 saturated heterocycles. The fourth-order valence-corrected chi connectivity index (χ4v) is 2.37. The first-order valence-electron chi connectivity index (χ1n) is 6.95. The summed E-state index contributed by atoms with van der Waals surface area (Å²) in [6, 6.07) is 5.93. The predicted octanol–water partition coefficient (Wildman–Crippen LogP) is 3.69. The Kier molecular flexibility index (Phi) is 4.66. The Balaban J connectivity index is 1.81. The molecule has 1 saturated carbocycles. The molecule has 0 spiro atoms. The van der Waals surface area contributed by atoms with Crippen molar-refractivity contribution in [2.45, 2.75) is 52.1 Å². The van der Waals surface area contributed by atoms with Gasteiger partial charge >= 0.3 is 6.09 Å². The molecule has 2 N–H and O–H groups in total. The maximum Gasteiger partial charge on any atom is 0.426 e. The van der Waals surface area contributed by atoms with Crippen LogP contribution in [0.2, 0.25) is 0 Å². The van der Waals surface area contributed by atoms with Gasteiger partial charge in [0.15, 0.2) is 0 Å². The fourth-order valence-electron chi connectivity index (χ4n) is 2.37. The minimum Gasteiger partial charge on any atom is -0.445 e. The molecule has 1 aromatic carbocycles. The molecule has 0 heterocycles. The van der Waals surface area contributed by atoms with Crippen molar-refractivity contribution in [3.8, 4) is 0 Å². The van der Waals surface area contributed by atoms with Crippen LogP contribution in [0.15, 0.2) is 18.2 Å². The van der Waals surface area contributed by atoms with Gasteiger partial charge in [-0.25, -0.2) is 10.2 Å². The van der Waals surface area contributed by atoms with Crippen molar-refractivity contribution in [3.63, 3.8) is 0 Å². The molecule has 1 aliphatic carbocycles. The van der Waals surface area contributed by atoms with Gasteiger partial charge in [-0.2, -0.15) is 0 Å². The molecule has 4 nitrogen and oxygen atoms in total. The predicted molar refractivity (Wildman–Crippen MR) is 76.0 cm³/mol. The van der Waals surface area contributed by atoms with E-state index >= 15 is 0 Å². The molecule has 0 radical (unpaired) electrons. The van der Waals surface area contributed by atoms with Crippen molar-refractivity contribution in [3.05, 3.63) is 29.3 Å². The fraction of sp³-hybridized carbons (Fsp3) is 0.533. The third-order valence-electron chi connectivity index (χ3n) is 3.73. The van der Waals surface area contributed by atoms with E-state index in [0.29, 0.717) is 0 Å². The number of aryl methyl sites for hydroxylation is 1. The molecule has 0 aliphatic heterocycles. The van der Waals surface area contributed by atoms with E-state index in [1.165, 1.54) is 12.0 Å². The summed E-state index contributed by atoms with van der Waals surface area (Å²) in [5.74, 6) is 0. The first-order chi connectivity index (χ1) is 9.16. The lowest BCUT2D eigenvalue weighted by Gasteiger charge is -2.22. The number of hydrazine groups is 1. The summed E-state index contributed by atoms with van der Waals surface area (Å²) in [5.41, 5.74) is 8.74. The van der Waals surface area contributed by atoms with Crippen molar-refractivity contribution in [2.24, 2.45) is 0 Å². The van der Waals surface area contributed by atoms with Gasteiger partial charge in [0.1, 0.15) is 6.10 Å². The molecule has 0 atom stereocenters. The third kappa shape index (κ3) is 3.88. The Bertz CT molecular complexity index is 440. The average molecular weight is 262 g/mol. The number of rotatable bonds is 3. The summed E-state index contributed by atoms with van der Waals surface area (Å²) in [6.07, 6.45) is 5.21. The number of carbonyl (C=O) groups excluding carboxylic acids is 1. The van der Waals surface area contributed by atoms with E-state index in [0.717, 1.165) is 36.9 Å². The van der Waals surface area contributed by atoms with Crippen LogP contribution in [-0.2, 0) is 4.74 Å². The van der Waals surface area contributed by atoms with Crippen LogP contribution in [0.25, 0.3) is 0 Å². The maximum atomic E-state index is 11.7. The summed E-state index contributed by atoms with van der Waals surface area (Å²) in [7, 11) is 0. The van der Waals surface area contributed by atoms with Gasteiger partial charge in [-0.3, -0.25) is 5.43 Å². The van der Waals surface area contributed by atoms with E-state index in [2.05, 4.69) is 10.9 Å². The van der Waals surface area contributed by atoms with Crippen LogP contribution in [0.1, 0.15) is 43.2 Å².